The molecule has 0 saturated carbocycles. The molecule has 0 atom stereocenters. The van der Waals surface area contributed by atoms with Crippen LogP contribution in [-0.4, -0.2) is 38.7 Å². The third-order valence-electron chi connectivity index (χ3n) is 4.75. The van der Waals surface area contributed by atoms with Crippen LogP contribution in [0.5, 0.6) is 0 Å². The molecule has 4 rings (SSSR count). The van der Waals surface area contributed by atoms with Gasteiger partial charge in [-0.05, 0) is 50.2 Å². The number of carbonyl (C=O) groups is 2. The number of hydrogen-bond acceptors (Lipinski definition) is 5. The average molecular weight is 376 g/mol. The number of rotatable bonds is 4. The molecule has 8 heteroatoms. The quantitative estimate of drug-likeness (QED) is 0.730. The topological polar surface area (TPSA) is 92.2 Å². The molecule has 3 aromatic rings. The SMILES string of the molecule is CC1(C)C(=O)Nc2ccccc2N1C(=O)CNc1ccc(-n2cncn2)cc1. The van der Waals surface area contributed by atoms with E-state index in [1.165, 1.54) is 6.33 Å². The van der Waals surface area contributed by atoms with Gasteiger partial charge in [-0.3, -0.25) is 14.5 Å². The maximum absolute atomic E-state index is 13.0. The molecule has 1 aliphatic rings. The predicted octanol–water partition coefficient (Wildman–Crippen LogP) is 2.44. The molecular weight excluding hydrogens is 356 g/mol. The third-order valence-corrected chi connectivity index (χ3v) is 4.75. The highest BCUT2D eigenvalue weighted by molar-refractivity contribution is 6.14. The van der Waals surface area contributed by atoms with Crippen LogP contribution in [0.2, 0.25) is 0 Å². The predicted molar refractivity (Wildman–Crippen MR) is 106 cm³/mol. The Hall–Kier alpha value is -3.68. The zero-order valence-electron chi connectivity index (χ0n) is 15.6. The second kappa shape index (κ2) is 6.80. The van der Waals surface area contributed by atoms with E-state index in [1.54, 1.807) is 35.8 Å². The lowest BCUT2D eigenvalue weighted by Crippen LogP contribution is -2.59. The van der Waals surface area contributed by atoms with Crippen LogP contribution in [-0.2, 0) is 9.59 Å². The van der Waals surface area contributed by atoms with E-state index in [4.69, 9.17) is 0 Å². The summed E-state index contributed by atoms with van der Waals surface area (Å²) >= 11 is 0. The Bertz CT molecular complexity index is 1010. The van der Waals surface area contributed by atoms with Crippen molar-refractivity contribution in [1.82, 2.24) is 14.8 Å². The Morgan fingerprint density at radius 1 is 1.14 bits per heavy atom. The van der Waals surface area contributed by atoms with Gasteiger partial charge in [-0.15, -0.1) is 0 Å². The van der Waals surface area contributed by atoms with Crippen molar-refractivity contribution in [3.8, 4) is 5.69 Å². The third kappa shape index (κ3) is 3.09. The van der Waals surface area contributed by atoms with Gasteiger partial charge in [0.1, 0.15) is 18.2 Å². The van der Waals surface area contributed by atoms with E-state index in [0.717, 1.165) is 11.4 Å². The lowest BCUT2D eigenvalue weighted by Gasteiger charge is -2.42. The number of anilines is 3. The molecule has 2 aromatic carbocycles. The molecule has 1 aliphatic heterocycles. The first-order valence-electron chi connectivity index (χ1n) is 8.89. The second-order valence-electron chi connectivity index (χ2n) is 7.00. The Balaban J connectivity index is 1.51. The minimum atomic E-state index is -0.982. The van der Waals surface area contributed by atoms with Crippen LogP contribution in [0, 0.1) is 0 Å². The van der Waals surface area contributed by atoms with Crippen molar-refractivity contribution in [2.45, 2.75) is 19.4 Å². The number of nitrogens with zero attached hydrogens (tertiary/aromatic N) is 4. The Morgan fingerprint density at radius 2 is 1.89 bits per heavy atom. The number of amides is 2. The summed E-state index contributed by atoms with van der Waals surface area (Å²) in [7, 11) is 0. The summed E-state index contributed by atoms with van der Waals surface area (Å²) in [6, 6.07) is 14.8. The van der Waals surface area contributed by atoms with E-state index in [1.807, 2.05) is 42.5 Å². The molecule has 0 fully saturated rings. The van der Waals surface area contributed by atoms with Gasteiger partial charge in [0, 0.05) is 5.69 Å². The van der Waals surface area contributed by atoms with Gasteiger partial charge in [-0.2, -0.15) is 5.10 Å². The van der Waals surface area contributed by atoms with Crippen LogP contribution >= 0.6 is 0 Å². The molecule has 1 aromatic heterocycles. The monoisotopic (exact) mass is 376 g/mol. The number of para-hydroxylation sites is 2. The first kappa shape index (κ1) is 17.7. The molecule has 2 heterocycles. The minimum absolute atomic E-state index is 0.0632. The number of benzene rings is 2. The van der Waals surface area contributed by atoms with Gasteiger partial charge in [-0.1, -0.05) is 12.1 Å². The molecule has 8 nitrogen and oxygen atoms in total. The van der Waals surface area contributed by atoms with Crippen molar-refractivity contribution >= 4 is 28.9 Å². The summed E-state index contributed by atoms with van der Waals surface area (Å²) in [5.74, 6) is -0.399. The lowest BCUT2D eigenvalue weighted by atomic mass is 9.96. The van der Waals surface area contributed by atoms with Crippen LogP contribution < -0.4 is 15.5 Å². The highest BCUT2D eigenvalue weighted by atomic mass is 16.2. The molecule has 0 spiro atoms. The van der Waals surface area contributed by atoms with E-state index >= 15 is 0 Å². The molecule has 0 radical (unpaired) electrons. The molecule has 2 N–H and O–H groups in total. The summed E-state index contributed by atoms with van der Waals surface area (Å²) in [6.07, 6.45) is 3.09. The van der Waals surface area contributed by atoms with E-state index in [-0.39, 0.29) is 18.4 Å². The van der Waals surface area contributed by atoms with E-state index in [2.05, 4.69) is 20.7 Å². The van der Waals surface area contributed by atoms with E-state index in [0.29, 0.717) is 11.4 Å². The van der Waals surface area contributed by atoms with Crippen molar-refractivity contribution in [2.75, 3.05) is 22.1 Å². The fraction of sp³-hybridized carbons (Fsp3) is 0.200. The maximum atomic E-state index is 13.0. The average Bonchev–Trinajstić information content (AvgIpc) is 3.22. The Morgan fingerprint density at radius 3 is 2.61 bits per heavy atom. The Kier molecular flexibility index (Phi) is 4.31. The van der Waals surface area contributed by atoms with Crippen LogP contribution in [0.3, 0.4) is 0 Å². The van der Waals surface area contributed by atoms with Crippen LogP contribution in [0.4, 0.5) is 17.1 Å². The van der Waals surface area contributed by atoms with Gasteiger partial charge in [0.2, 0.25) is 11.8 Å². The minimum Gasteiger partial charge on any atom is -0.376 e. The van der Waals surface area contributed by atoms with Crippen LogP contribution in [0.15, 0.2) is 61.2 Å². The maximum Gasteiger partial charge on any atom is 0.250 e. The zero-order chi connectivity index (χ0) is 19.7. The van der Waals surface area contributed by atoms with E-state index < -0.39 is 5.54 Å². The summed E-state index contributed by atoms with van der Waals surface area (Å²) < 4.78 is 1.65. The van der Waals surface area contributed by atoms with Crippen LogP contribution in [0.25, 0.3) is 5.69 Å². The summed E-state index contributed by atoms with van der Waals surface area (Å²) in [5, 5.41) is 10.1. The van der Waals surface area contributed by atoms with Crippen molar-refractivity contribution < 1.29 is 9.59 Å². The van der Waals surface area contributed by atoms with Gasteiger partial charge >= 0.3 is 0 Å². The molecule has 2 amide bonds. The van der Waals surface area contributed by atoms with Crippen molar-refractivity contribution in [3.63, 3.8) is 0 Å². The summed E-state index contributed by atoms with van der Waals surface area (Å²) in [6.45, 7) is 3.54. The standard InChI is InChI=1S/C20H20N6O2/c1-20(2)19(28)24-16-5-3-4-6-17(16)26(20)18(27)11-22-14-7-9-15(10-8-14)25-13-21-12-23-25/h3-10,12-13,22H,11H2,1-2H3,(H,24,28). The number of carbonyl (C=O) groups excluding carboxylic acids is 2. The normalized spacial score (nSPS) is 14.9. The first-order valence-corrected chi connectivity index (χ1v) is 8.89. The highest BCUT2D eigenvalue weighted by Crippen LogP contribution is 2.36. The molecule has 0 bridgehead atoms. The van der Waals surface area contributed by atoms with E-state index in [9.17, 15) is 9.59 Å². The second-order valence-corrected chi connectivity index (χ2v) is 7.00. The number of hydrogen-bond donors (Lipinski definition) is 2. The fourth-order valence-corrected chi connectivity index (χ4v) is 3.23. The van der Waals surface area contributed by atoms with Gasteiger partial charge in [0.05, 0.1) is 23.6 Å². The Labute approximate surface area is 162 Å². The molecule has 142 valence electrons. The molecule has 0 aliphatic carbocycles. The molecular formula is C20H20N6O2. The van der Waals surface area contributed by atoms with Gasteiger partial charge in [0.25, 0.3) is 0 Å². The number of nitrogens with one attached hydrogen (secondary N) is 2. The van der Waals surface area contributed by atoms with Gasteiger partial charge in [0.15, 0.2) is 0 Å². The van der Waals surface area contributed by atoms with Gasteiger partial charge in [-0.25, -0.2) is 9.67 Å². The highest BCUT2D eigenvalue weighted by Gasteiger charge is 2.43. The zero-order valence-corrected chi connectivity index (χ0v) is 15.6. The van der Waals surface area contributed by atoms with Crippen molar-refractivity contribution in [3.05, 3.63) is 61.2 Å². The van der Waals surface area contributed by atoms with Crippen molar-refractivity contribution in [1.29, 1.82) is 0 Å². The van der Waals surface area contributed by atoms with Gasteiger partial charge < -0.3 is 10.6 Å². The summed E-state index contributed by atoms with van der Waals surface area (Å²) in [4.78, 5) is 31.0. The molecule has 0 saturated heterocycles. The number of aromatic nitrogens is 3. The lowest BCUT2D eigenvalue weighted by molar-refractivity contribution is -0.125. The fourth-order valence-electron chi connectivity index (χ4n) is 3.23. The number of fused-ring (bicyclic) bond motifs is 1. The smallest absolute Gasteiger partial charge is 0.250 e. The molecule has 0 unspecified atom stereocenters. The van der Waals surface area contributed by atoms with Crippen LogP contribution in [0.1, 0.15) is 13.8 Å². The summed E-state index contributed by atoms with van der Waals surface area (Å²) in [5.41, 5.74) is 2.02. The largest absolute Gasteiger partial charge is 0.376 e. The molecule has 28 heavy (non-hydrogen) atoms. The first-order chi connectivity index (χ1) is 13.5. The van der Waals surface area contributed by atoms with Crippen molar-refractivity contribution in [2.24, 2.45) is 0 Å².